The fraction of sp³-hybridized carbons (Fsp3) is 0.520. The van der Waals surface area contributed by atoms with Gasteiger partial charge in [0.2, 0.25) is 11.8 Å². The molecule has 1 aromatic carbocycles. The fourth-order valence-corrected chi connectivity index (χ4v) is 5.92. The van der Waals surface area contributed by atoms with E-state index in [0.29, 0.717) is 24.2 Å². The first kappa shape index (κ1) is 22.8. The second kappa shape index (κ2) is 8.81. The summed E-state index contributed by atoms with van der Waals surface area (Å²) in [5, 5.41) is 13.3. The molecule has 3 fully saturated rings. The molecule has 0 radical (unpaired) electrons. The number of fused-ring (bicyclic) bond motifs is 1. The zero-order chi connectivity index (χ0) is 24.9. The summed E-state index contributed by atoms with van der Waals surface area (Å²) in [4.78, 5) is 50.8. The Morgan fingerprint density at radius 1 is 1.17 bits per heavy atom. The molecule has 2 saturated heterocycles. The molecule has 6 rings (SSSR count). The lowest BCUT2D eigenvalue weighted by Gasteiger charge is -2.29. The Kier molecular flexibility index (Phi) is 5.59. The lowest BCUT2D eigenvalue weighted by atomic mass is 9.98. The van der Waals surface area contributed by atoms with Crippen LogP contribution in [0.5, 0.6) is 0 Å². The quantitative estimate of drug-likeness (QED) is 0.600. The average molecular weight is 493 g/mol. The van der Waals surface area contributed by atoms with Gasteiger partial charge in [-0.2, -0.15) is 0 Å². The number of nitrogens with one attached hydrogen (secondary N) is 2. The van der Waals surface area contributed by atoms with Crippen LogP contribution in [0.1, 0.15) is 77.8 Å². The van der Waals surface area contributed by atoms with Gasteiger partial charge in [-0.1, -0.05) is 18.1 Å². The minimum absolute atomic E-state index is 0.0290. The Morgan fingerprint density at radius 2 is 2.00 bits per heavy atom. The van der Waals surface area contributed by atoms with E-state index < -0.39 is 11.9 Å². The number of ether oxygens (including phenoxy) is 1. The molecule has 4 heterocycles. The lowest BCUT2D eigenvalue weighted by molar-refractivity contribution is -0.136. The van der Waals surface area contributed by atoms with Gasteiger partial charge >= 0.3 is 0 Å². The first-order valence-electron chi connectivity index (χ1n) is 12.6. The van der Waals surface area contributed by atoms with Gasteiger partial charge in [0.1, 0.15) is 6.04 Å². The van der Waals surface area contributed by atoms with Crippen LogP contribution in [0.3, 0.4) is 0 Å². The Labute approximate surface area is 207 Å². The number of carbonyl (C=O) groups is 4. The molecule has 4 aliphatic rings. The summed E-state index contributed by atoms with van der Waals surface area (Å²) in [6.45, 7) is 0.712. The number of imide groups is 1. The van der Waals surface area contributed by atoms with Crippen LogP contribution < -0.4 is 10.6 Å². The van der Waals surface area contributed by atoms with E-state index in [-0.39, 0.29) is 48.1 Å². The molecule has 11 heteroatoms. The number of carbonyl (C=O) groups excluding carboxylic acids is 4. The van der Waals surface area contributed by atoms with E-state index in [1.165, 1.54) is 22.4 Å². The van der Waals surface area contributed by atoms with Crippen LogP contribution in [-0.2, 0) is 20.9 Å². The topological polar surface area (TPSA) is 136 Å². The summed E-state index contributed by atoms with van der Waals surface area (Å²) < 4.78 is 7.75. The third-order valence-corrected chi connectivity index (χ3v) is 7.84. The van der Waals surface area contributed by atoms with Crippen molar-refractivity contribution in [2.45, 2.75) is 75.7 Å². The highest BCUT2D eigenvalue weighted by molar-refractivity contribution is 6.05. The maximum Gasteiger partial charge on any atom is 0.273 e. The largest absolute Gasteiger partial charge is 0.370 e. The molecule has 4 amide bonds. The monoisotopic (exact) mass is 492 g/mol. The van der Waals surface area contributed by atoms with Crippen molar-refractivity contribution < 1.29 is 23.9 Å². The third-order valence-electron chi connectivity index (χ3n) is 7.84. The number of hydrogen-bond acceptors (Lipinski definition) is 7. The van der Waals surface area contributed by atoms with Crippen molar-refractivity contribution in [1.82, 2.24) is 30.5 Å². The Morgan fingerprint density at radius 3 is 2.81 bits per heavy atom. The molecular formula is C25H28N6O5. The van der Waals surface area contributed by atoms with Crippen LogP contribution in [0.4, 0.5) is 0 Å². The molecule has 0 bridgehead atoms. The second-order valence-corrected chi connectivity index (χ2v) is 10.2. The number of nitrogens with zero attached hydrogens (tertiary/aromatic N) is 4. The van der Waals surface area contributed by atoms with Crippen LogP contribution in [0.25, 0.3) is 5.69 Å². The SMILES string of the molecule is O=C1CCC(N2Cc3cc(-n4cc(C(=O)NCC5CCC6(CCCC6)O5)nn4)ccc3C2=O)C(=O)N1. The normalized spacial score (nSPS) is 24.9. The van der Waals surface area contributed by atoms with Gasteiger partial charge in [0.25, 0.3) is 11.8 Å². The minimum atomic E-state index is -0.667. The van der Waals surface area contributed by atoms with Crippen LogP contribution in [-0.4, -0.2) is 67.8 Å². The molecule has 2 unspecified atom stereocenters. The van der Waals surface area contributed by atoms with Crippen molar-refractivity contribution in [2.24, 2.45) is 0 Å². The van der Waals surface area contributed by atoms with Gasteiger partial charge in [-0.05, 0) is 55.9 Å². The van der Waals surface area contributed by atoms with Gasteiger partial charge in [0, 0.05) is 25.1 Å². The summed E-state index contributed by atoms with van der Waals surface area (Å²) in [5.74, 6) is -1.31. The summed E-state index contributed by atoms with van der Waals surface area (Å²) in [5.41, 5.74) is 2.15. The molecule has 1 spiro atoms. The molecule has 2 aromatic rings. The molecule has 188 valence electrons. The molecular weight excluding hydrogens is 464 g/mol. The molecule has 2 N–H and O–H groups in total. The van der Waals surface area contributed by atoms with Crippen LogP contribution in [0, 0.1) is 0 Å². The van der Waals surface area contributed by atoms with Gasteiger partial charge in [-0.3, -0.25) is 24.5 Å². The zero-order valence-electron chi connectivity index (χ0n) is 19.9. The molecule has 36 heavy (non-hydrogen) atoms. The predicted octanol–water partition coefficient (Wildman–Crippen LogP) is 1.25. The first-order valence-corrected chi connectivity index (χ1v) is 12.6. The number of aromatic nitrogens is 3. The summed E-state index contributed by atoms with van der Waals surface area (Å²) in [7, 11) is 0. The standard InChI is InChI=1S/C25H28N6O5/c32-21-6-5-20(23(34)27-21)30-13-15-11-16(3-4-18(15)24(30)35)31-14-19(28-29-31)22(33)26-12-17-7-10-25(36-17)8-1-2-9-25/h3-4,11,14,17,20H,1-2,5-10,12-13H2,(H,26,33)(H,27,32,34). The number of hydrogen-bond donors (Lipinski definition) is 2. The predicted molar refractivity (Wildman–Crippen MR) is 125 cm³/mol. The number of rotatable bonds is 5. The molecule has 1 saturated carbocycles. The number of piperidine rings is 1. The summed E-state index contributed by atoms with van der Waals surface area (Å²) >= 11 is 0. The van der Waals surface area contributed by atoms with Gasteiger partial charge < -0.3 is 15.0 Å². The van der Waals surface area contributed by atoms with Gasteiger partial charge in [0.05, 0.1) is 23.6 Å². The molecule has 2 atom stereocenters. The lowest BCUT2D eigenvalue weighted by Crippen LogP contribution is -2.52. The molecule has 1 aliphatic carbocycles. The van der Waals surface area contributed by atoms with Crippen molar-refractivity contribution in [1.29, 1.82) is 0 Å². The highest BCUT2D eigenvalue weighted by atomic mass is 16.5. The van der Waals surface area contributed by atoms with Gasteiger partial charge in [-0.15, -0.1) is 5.10 Å². The Bertz CT molecular complexity index is 1250. The minimum Gasteiger partial charge on any atom is -0.370 e. The molecule has 3 aliphatic heterocycles. The van der Waals surface area contributed by atoms with Crippen LogP contribution >= 0.6 is 0 Å². The molecule has 11 nitrogen and oxygen atoms in total. The second-order valence-electron chi connectivity index (χ2n) is 10.2. The van der Waals surface area contributed by atoms with E-state index >= 15 is 0 Å². The first-order chi connectivity index (χ1) is 17.4. The number of amides is 4. The zero-order valence-corrected chi connectivity index (χ0v) is 19.9. The highest BCUT2D eigenvalue weighted by Crippen LogP contribution is 2.43. The third kappa shape index (κ3) is 4.06. The van der Waals surface area contributed by atoms with E-state index in [0.717, 1.165) is 31.2 Å². The fourth-order valence-electron chi connectivity index (χ4n) is 5.92. The van der Waals surface area contributed by atoms with Crippen LogP contribution in [0.15, 0.2) is 24.4 Å². The Balaban J connectivity index is 1.10. The van der Waals surface area contributed by atoms with Gasteiger partial charge in [-0.25, -0.2) is 4.68 Å². The van der Waals surface area contributed by atoms with E-state index in [2.05, 4.69) is 20.9 Å². The highest BCUT2D eigenvalue weighted by Gasteiger charge is 2.42. The average Bonchev–Trinajstić information content (AvgIpc) is 3.66. The van der Waals surface area contributed by atoms with Crippen molar-refractivity contribution >= 4 is 23.6 Å². The van der Waals surface area contributed by atoms with E-state index in [9.17, 15) is 19.2 Å². The van der Waals surface area contributed by atoms with E-state index in [1.54, 1.807) is 18.3 Å². The van der Waals surface area contributed by atoms with E-state index in [1.807, 2.05) is 6.07 Å². The summed E-state index contributed by atoms with van der Waals surface area (Å²) in [6, 6.07) is 4.56. The number of benzene rings is 1. The van der Waals surface area contributed by atoms with Crippen LogP contribution in [0.2, 0.25) is 0 Å². The van der Waals surface area contributed by atoms with E-state index in [4.69, 9.17) is 4.74 Å². The maximum atomic E-state index is 12.9. The summed E-state index contributed by atoms with van der Waals surface area (Å²) in [6.07, 6.45) is 8.78. The van der Waals surface area contributed by atoms with Crippen molar-refractivity contribution in [3.8, 4) is 5.69 Å². The van der Waals surface area contributed by atoms with Crippen molar-refractivity contribution in [2.75, 3.05) is 6.54 Å². The molecule has 1 aromatic heterocycles. The van der Waals surface area contributed by atoms with Gasteiger partial charge in [0.15, 0.2) is 5.69 Å². The smallest absolute Gasteiger partial charge is 0.273 e. The Hall–Kier alpha value is -3.60. The maximum absolute atomic E-state index is 12.9. The van der Waals surface area contributed by atoms with Crippen molar-refractivity contribution in [3.63, 3.8) is 0 Å². The van der Waals surface area contributed by atoms with Crippen molar-refractivity contribution in [3.05, 3.63) is 41.2 Å².